The fourth-order valence-corrected chi connectivity index (χ4v) is 2.52. The van der Waals surface area contributed by atoms with E-state index in [2.05, 4.69) is 54.9 Å². The van der Waals surface area contributed by atoms with Crippen molar-refractivity contribution in [2.45, 2.75) is 97.3 Å². The van der Waals surface area contributed by atoms with Crippen molar-refractivity contribution in [3.05, 3.63) is 0 Å². The van der Waals surface area contributed by atoms with E-state index in [9.17, 15) is 0 Å². The molecule has 0 saturated carbocycles. The molecule has 0 spiro atoms. The Kier molecular flexibility index (Phi) is 16.6. The molecule has 0 aliphatic rings. The molecule has 4 unspecified atom stereocenters. The maximum Gasteiger partial charge on any atom is 0.0536 e. The molecule has 0 amide bonds. The zero-order valence-corrected chi connectivity index (χ0v) is 17.5. The minimum absolute atomic E-state index is 0.208. The summed E-state index contributed by atoms with van der Waals surface area (Å²) in [5, 5.41) is 10.5. The van der Waals surface area contributed by atoms with Crippen LogP contribution in [-0.2, 0) is 0 Å². The Bertz CT molecular complexity index is 306. The summed E-state index contributed by atoms with van der Waals surface area (Å²) in [6.07, 6.45) is 9.90. The van der Waals surface area contributed by atoms with Crippen molar-refractivity contribution in [3.8, 4) is 0 Å². The Labute approximate surface area is 157 Å². The van der Waals surface area contributed by atoms with Crippen molar-refractivity contribution >= 4 is 6.21 Å². The lowest BCUT2D eigenvalue weighted by atomic mass is 10.1. The predicted molar refractivity (Wildman–Crippen MR) is 113 cm³/mol. The van der Waals surface area contributed by atoms with E-state index in [1.807, 2.05) is 6.92 Å². The van der Waals surface area contributed by atoms with Gasteiger partial charge < -0.3 is 21.7 Å². The van der Waals surface area contributed by atoms with Gasteiger partial charge in [0.2, 0.25) is 0 Å². The van der Waals surface area contributed by atoms with E-state index >= 15 is 0 Å². The molecule has 5 nitrogen and oxygen atoms in total. The van der Waals surface area contributed by atoms with Gasteiger partial charge in [-0.3, -0.25) is 4.99 Å². The molecule has 0 aliphatic heterocycles. The summed E-state index contributed by atoms with van der Waals surface area (Å²) in [5.74, 6) is 0. The monoisotopic (exact) mass is 355 g/mol. The fraction of sp³-hybridized carbons (Fsp3) is 0.950. The largest absolute Gasteiger partial charge is 0.327 e. The van der Waals surface area contributed by atoms with Gasteiger partial charge in [-0.05, 0) is 46.8 Å². The first kappa shape index (κ1) is 24.5. The van der Waals surface area contributed by atoms with Crippen LogP contribution in [0, 0.1) is 0 Å². The smallest absolute Gasteiger partial charge is 0.0536 e. The Morgan fingerprint density at radius 1 is 0.800 bits per heavy atom. The second-order valence-electron chi connectivity index (χ2n) is 7.66. The van der Waals surface area contributed by atoms with Gasteiger partial charge >= 0.3 is 0 Å². The third kappa shape index (κ3) is 18.1. The lowest BCUT2D eigenvalue weighted by Crippen LogP contribution is -2.47. The van der Waals surface area contributed by atoms with Gasteiger partial charge in [0.1, 0.15) is 0 Å². The van der Waals surface area contributed by atoms with Crippen LogP contribution >= 0.6 is 0 Å². The quantitative estimate of drug-likeness (QED) is 0.239. The number of hydrogen-bond donors (Lipinski definition) is 4. The third-order valence-electron chi connectivity index (χ3n) is 4.28. The molecular weight excluding hydrogens is 310 g/mol. The molecule has 0 aromatic carbocycles. The van der Waals surface area contributed by atoms with Gasteiger partial charge in [-0.15, -0.1) is 0 Å². The number of nitrogens with zero attached hydrogens (tertiary/aromatic N) is 1. The molecule has 0 radical (unpaired) electrons. The second kappa shape index (κ2) is 17.0. The standard InChI is InChI=1S/C20H45N5/c1-6-7-8-9-10-11-12-22-14-18(3)24-16-20(5)25-15-19(4)23-13-17(2)21/h12,17-20,23-25H,6-11,13-16,21H2,1-5H3. The molecule has 0 aliphatic carbocycles. The molecule has 5 heteroatoms. The van der Waals surface area contributed by atoms with E-state index in [4.69, 9.17) is 5.73 Å². The average molecular weight is 356 g/mol. The van der Waals surface area contributed by atoms with E-state index in [0.29, 0.717) is 18.1 Å². The van der Waals surface area contributed by atoms with Gasteiger partial charge in [-0.2, -0.15) is 0 Å². The molecule has 4 atom stereocenters. The number of nitrogens with two attached hydrogens (primary N) is 1. The first-order valence-electron chi connectivity index (χ1n) is 10.4. The van der Waals surface area contributed by atoms with Crippen molar-refractivity contribution < 1.29 is 0 Å². The third-order valence-corrected chi connectivity index (χ3v) is 4.28. The first-order chi connectivity index (χ1) is 12.0. The molecular formula is C20H45N5. The molecule has 150 valence electrons. The van der Waals surface area contributed by atoms with Crippen LogP contribution in [0.5, 0.6) is 0 Å². The molecule has 25 heavy (non-hydrogen) atoms. The highest BCUT2D eigenvalue weighted by atomic mass is 15.0. The van der Waals surface area contributed by atoms with Crippen LogP contribution in [-0.4, -0.2) is 56.6 Å². The topological polar surface area (TPSA) is 74.5 Å². The van der Waals surface area contributed by atoms with Crippen molar-refractivity contribution in [1.82, 2.24) is 16.0 Å². The normalized spacial score (nSPS) is 16.9. The summed E-state index contributed by atoms with van der Waals surface area (Å²) in [5.41, 5.74) is 5.76. The molecule has 0 rings (SSSR count). The van der Waals surface area contributed by atoms with Gasteiger partial charge in [-0.1, -0.05) is 32.6 Å². The minimum Gasteiger partial charge on any atom is -0.327 e. The summed E-state index contributed by atoms with van der Waals surface area (Å²) in [7, 11) is 0. The maximum atomic E-state index is 5.76. The molecule has 0 aromatic heterocycles. The van der Waals surface area contributed by atoms with Crippen LogP contribution in [0.3, 0.4) is 0 Å². The van der Waals surface area contributed by atoms with Gasteiger partial charge in [0, 0.05) is 43.8 Å². The molecule has 0 aromatic rings. The lowest BCUT2D eigenvalue weighted by Gasteiger charge is -2.21. The average Bonchev–Trinajstić information content (AvgIpc) is 2.58. The van der Waals surface area contributed by atoms with Crippen LogP contribution < -0.4 is 21.7 Å². The Morgan fingerprint density at radius 2 is 1.36 bits per heavy atom. The van der Waals surface area contributed by atoms with Crippen LogP contribution in [0.1, 0.15) is 73.1 Å². The summed E-state index contributed by atoms with van der Waals surface area (Å²) < 4.78 is 0. The summed E-state index contributed by atoms with van der Waals surface area (Å²) in [4.78, 5) is 4.55. The summed E-state index contributed by atoms with van der Waals surface area (Å²) in [6, 6.07) is 1.52. The number of unbranched alkanes of at least 4 members (excludes halogenated alkanes) is 5. The van der Waals surface area contributed by atoms with Crippen molar-refractivity contribution in [3.63, 3.8) is 0 Å². The van der Waals surface area contributed by atoms with Gasteiger partial charge in [0.05, 0.1) is 6.54 Å². The summed E-state index contributed by atoms with van der Waals surface area (Å²) >= 11 is 0. The zero-order chi connectivity index (χ0) is 18.9. The zero-order valence-electron chi connectivity index (χ0n) is 17.5. The number of nitrogens with one attached hydrogen (secondary N) is 3. The lowest BCUT2D eigenvalue weighted by molar-refractivity contribution is 0.424. The van der Waals surface area contributed by atoms with E-state index in [1.165, 1.54) is 32.1 Å². The molecule has 0 heterocycles. The van der Waals surface area contributed by atoms with Crippen molar-refractivity contribution in [1.29, 1.82) is 0 Å². The minimum atomic E-state index is 0.208. The fourth-order valence-electron chi connectivity index (χ4n) is 2.52. The van der Waals surface area contributed by atoms with Crippen molar-refractivity contribution in [2.24, 2.45) is 10.7 Å². The Hall–Kier alpha value is -0.490. The highest BCUT2D eigenvalue weighted by Crippen LogP contribution is 2.03. The Balaban J connectivity index is 3.58. The van der Waals surface area contributed by atoms with Gasteiger partial charge in [-0.25, -0.2) is 0 Å². The summed E-state index contributed by atoms with van der Waals surface area (Å²) in [6.45, 7) is 14.6. The Morgan fingerprint density at radius 3 is 1.96 bits per heavy atom. The first-order valence-corrected chi connectivity index (χ1v) is 10.4. The second-order valence-corrected chi connectivity index (χ2v) is 7.66. The van der Waals surface area contributed by atoms with Crippen LogP contribution in [0.4, 0.5) is 0 Å². The number of hydrogen-bond acceptors (Lipinski definition) is 5. The predicted octanol–water partition coefficient (Wildman–Crippen LogP) is 2.70. The molecule has 0 bridgehead atoms. The van der Waals surface area contributed by atoms with Crippen molar-refractivity contribution in [2.75, 3.05) is 26.2 Å². The van der Waals surface area contributed by atoms with Gasteiger partial charge in [0.25, 0.3) is 0 Å². The molecule has 0 saturated heterocycles. The van der Waals surface area contributed by atoms with Crippen LogP contribution in [0.25, 0.3) is 0 Å². The van der Waals surface area contributed by atoms with Crippen LogP contribution in [0.15, 0.2) is 4.99 Å². The van der Waals surface area contributed by atoms with Gasteiger partial charge in [0.15, 0.2) is 0 Å². The molecule has 0 fully saturated rings. The van der Waals surface area contributed by atoms with Crippen LogP contribution in [0.2, 0.25) is 0 Å². The van der Waals surface area contributed by atoms with E-state index in [-0.39, 0.29) is 6.04 Å². The highest BCUT2D eigenvalue weighted by molar-refractivity contribution is 5.56. The highest BCUT2D eigenvalue weighted by Gasteiger charge is 2.07. The van der Waals surface area contributed by atoms with E-state index in [0.717, 1.165) is 32.6 Å². The maximum absolute atomic E-state index is 5.76. The number of aliphatic imine (C=N–C) groups is 1. The number of rotatable bonds is 17. The molecule has 5 N–H and O–H groups in total. The van der Waals surface area contributed by atoms with E-state index < -0.39 is 0 Å². The van der Waals surface area contributed by atoms with E-state index in [1.54, 1.807) is 0 Å². The SMILES string of the molecule is CCCCCCCC=NCC(C)NCC(C)NCC(C)NCC(C)N.